The Morgan fingerprint density at radius 3 is 1.43 bits per heavy atom. The van der Waals surface area contributed by atoms with Crippen LogP contribution < -0.4 is 10.6 Å². The molecule has 2 N–H and O–H groups in total. The second kappa shape index (κ2) is 7.58. The summed E-state index contributed by atoms with van der Waals surface area (Å²) in [6.45, 7) is 0. The molecule has 0 bridgehead atoms. The van der Waals surface area contributed by atoms with E-state index >= 15 is 0 Å². The minimum atomic E-state index is 0.126. The molecule has 0 aliphatic carbocycles. The average molecular weight is 550 g/mol. The topological polar surface area (TPSA) is 62.7 Å². The van der Waals surface area contributed by atoms with E-state index in [4.69, 9.17) is 11.6 Å². The number of nitrogens with one attached hydrogen (secondary N) is 2. The van der Waals surface area contributed by atoms with Gasteiger partial charge in [0.05, 0.1) is 0 Å². The molecule has 0 amide bonds. The molecule has 0 radical (unpaired) electrons. The van der Waals surface area contributed by atoms with Crippen LogP contribution in [0.3, 0.4) is 0 Å². The van der Waals surface area contributed by atoms with Gasteiger partial charge in [0.2, 0.25) is 17.2 Å². The zero-order valence-electron chi connectivity index (χ0n) is 11.6. The number of hydrogen-bond donors (Lipinski definition) is 2. The fourth-order valence-electron chi connectivity index (χ4n) is 1.79. The van der Waals surface area contributed by atoms with Crippen LogP contribution in [0.2, 0.25) is 5.28 Å². The van der Waals surface area contributed by atoms with Crippen LogP contribution >= 0.6 is 56.8 Å². The standard InChI is InChI=1S/C15H10ClI2N5/c16-13-21-14(19-11-5-1-9(17)2-6-11)23-15(22-13)20-12-7-3-10(18)4-8-12/h1-8H,(H2,19,20,21,22,23). The van der Waals surface area contributed by atoms with Gasteiger partial charge in [-0.15, -0.1) is 0 Å². The summed E-state index contributed by atoms with van der Waals surface area (Å²) in [6.07, 6.45) is 0. The van der Waals surface area contributed by atoms with Crippen LogP contribution in [-0.4, -0.2) is 15.0 Å². The van der Waals surface area contributed by atoms with Crippen LogP contribution in [0.1, 0.15) is 0 Å². The summed E-state index contributed by atoms with van der Waals surface area (Å²) in [4.78, 5) is 12.5. The fraction of sp³-hybridized carbons (Fsp3) is 0. The zero-order chi connectivity index (χ0) is 16.2. The first-order valence-corrected chi connectivity index (χ1v) is 9.09. The van der Waals surface area contributed by atoms with Crippen LogP contribution in [0, 0.1) is 7.14 Å². The highest BCUT2D eigenvalue weighted by atomic mass is 127. The maximum absolute atomic E-state index is 5.99. The van der Waals surface area contributed by atoms with E-state index in [-0.39, 0.29) is 5.28 Å². The molecular formula is C15H10ClI2N5. The Hall–Kier alpha value is -1.20. The largest absolute Gasteiger partial charge is 0.324 e. The lowest BCUT2D eigenvalue weighted by Crippen LogP contribution is -2.04. The van der Waals surface area contributed by atoms with Gasteiger partial charge in [-0.25, -0.2) is 0 Å². The lowest BCUT2D eigenvalue weighted by Gasteiger charge is -2.08. The van der Waals surface area contributed by atoms with Crippen molar-refractivity contribution in [2.24, 2.45) is 0 Å². The van der Waals surface area contributed by atoms with Crippen molar-refractivity contribution in [2.75, 3.05) is 10.6 Å². The normalized spacial score (nSPS) is 10.4. The molecule has 0 aliphatic heterocycles. The predicted molar refractivity (Wildman–Crippen MR) is 110 cm³/mol. The van der Waals surface area contributed by atoms with E-state index in [0.29, 0.717) is 11.9 Å². The third kappa shape index (κ3) is 4.88. The molecule has 3 rings (SSSR count). The van der Waals surface area contributed by atoms with Crippen molar-refractivity contribution in [3.8, 4) is 0 Å². The van der Waals surface area contributed by atoms with Gasteiger partial charge >= 0.3 is 0 Å². The first-order valence-electron chi connectivity index (χ1n) is 6.55. The third-order valence-corrected chi connectivity index (χ3v) is 4.42. The molecule has 0 saturated carbocycles. The quantitative estimate of drug-likeness (QED) is 0.437. The van der Waals surface area contributed by atoms with E-state index in [1.54, 1.807) is 0 Å². The summed E-state index contributed by atoms with van der Waals surface area (Å²) in [7, 11) is 0. The molecule has 1 heterocycles. The molecule has 0 aliphatic rings. The van der Waals surface area contributed by atoms with Crippen LogP contribution in [0.15, 0.2) is 48.5 Å². The molecule has 116 valence electrons. The van der Waals surface area contributed by atoms with Crippen LogP contribution in [-0.2, 0) is 0 Å². The van der Waals surface area contributed by atoms with Crippen LogP contribution in [0.5, 0.6) is 0 Å². The van der Waals surface area contributed by atoms with Gasteiger partial charge in [-0.2, -0.15) is 15.0 Å². The van der Waals surface area contributed by atoms with Crippen molar-refractivity contribution in [3.63, 3.8) is 0 Å². The Bertz CT molecular complexity index is 743. The molecule has 8 heteroatoms. The number of aromatic nitrogens is 3. The van der Waals surface area contributed by atoms with E-state index in [1.807, 2.05) is 48.5 Å². The third-order valence-electron chi connectivity index (χ3n) is 2.81. The number of nitrogens with zero attached hydrogens (tertiary/aromatic N) is 3. The molecule has 0 unspecified atom stereocenters. The van der Waals surface area contributed by atoms with Crippen molar-refractivity contribution >= 4 is 80.1 Å². The van der Waals surface area contributed by atoms with E-state index in [1.165, 1.54) is 0 Å². The van der Waals surface area contributed by atoms with Gasteiger partial charge in [0, 0.05) is 18.5 Å². The first kappa shape index (κ1) is 16.7. The van der Waals surface area contributed by atoms with Gasteiger partial charge in [0.1, 0.15) is 0 Å². The van der Waals surface area contributed by atoms with Gasteiger partial charge in [0.25, 0.3) is 0 Å². The van der Waals surface area contributed by atoms with Gasteiger partial charge in [-0.05, 0) is 105 Å². The molecule has 2 aromatic carbocycles. The number of benzene rings is 2. The minimum absolute atomic E-state index is 0.126. The summed E-state index contributed by atoms with van der Waals surface area (Å²) in [5, 5.41) is 6.36. The van der Waals surface area contributed by atoms with Crippen molar-refractivity contribution < 1.29 is 0 Å². The lowest BCUT2D eigenvalue weighted by atomic mass is 10.3. The number of halogens is 3. The van der Waals surface area contributed by atoms with E-state index < -0.39 is 0 Å². The predicted octanol–water partition coefficient (Wildman–Crippen LogP) is 5.22. The van der Waals surface area contributed by atoms with Crippen molar-refractivity contribution in [3.05, 3.63) is 61.0 Å². The Kier molecular flexibility index (Phi) is 5.49. The summed E-state index contributed by atoms with van der Waals surface area (Å²) < 4.78 is 2.31. The molecule has 0 fully saturated rings. The van der Waals surface area contributed by atoms with Gasteiger partial charge in [-0.3, -0.25) is 0 Å². The van der Waals surface area contributed by atoms with E-state index in [0.717, 1.165) is 18.5 Å². The van der Waals surface area contributed by atoms with Gasteiger partial charge < -0.3 is 10.6 Å². The summed E-state index contributed by atoms with van der Waals surface area (Å²) in [5.74, 6) is 0.776. The van der Waals surface area contributed by atoms with Gasteiger partial charge in [0.15, 0.2) is 0 Å². The highest BCUT2D eigenvalue weighted by Crippen LogP contribution is 2.20. The maximum Gasteiger partial charge on any atom is 0.233 e. The molecular weight excluding hydrogens is 539 g/mol. The molecule has 0 atom stereocenters. The summed E-state index contributed by atoms with van der Waals surface area (Å²) in [6, 6.07) is 15.8. The van der Waals surface area contributed by atoms with Crippen molar-refractivity contribution in [1.29, 1.82) is 0 Å². The summed E-state index contributed by atoms with van der Waals surface area (Å²) in [5.41, 5.74) is 1.76. The second-order valence-corrected chi connectivity index (χ2v) is 7.34. The van der Waals surface area contributed by atoms with Crippen LogP contribution in [0.25, 0.3) is 0 Å². The fourth-order valence-corrected chi connectivity index (χ4v) is 2.67. The Morgan fingerprint density at radius 1 is 0.652 bits per heavy atom. The molecule has 3 aromatic rings. The molecule has 0 spiro atoms. The smallest absolute Gasteiger partial charge is 0.233 e. The van der Waals surface area contributed by atoms with E-state index in [2.05, 4.69) is 70.8 Å². The average Bonchev–Trinajstić information content (AvgIpc) is 2.51. The second-order valence-electron chi connectivity index (χ2n) is 4.52. The Labute approximate surface area is 165 Å². The molecule has 23 heavy (non-hydrogen) atoms. The monoisotopic (exact) mass is 549 g/mol. The number of anilines is 4. The molecule has 5 nitrogen and oxygen atoms in total. The number of hydrogen-bond acceptors (Lipinski definition) is 5. The number of rotatable bonds is 4. The van der Waals surface area contributed by atoms with Crippen LogP contribution in [0.4, 0.5) is 23.3 Å². The highest BCUT2D eigenvalue weighted by molar-refractivity contribution is 14.1. The highest BCUT2D eigenvalue weighted by Gasteiger charge is 2.06. The SMILES string of the molecule is Clc1nc(Nc2ccc(I)cc2)nc(Nc2ccc(I)cc2)n1. The van der Waals surface area contributed by atoms with Crippen molar-refractivity contribution in [2.45, 2.75) is 0 Å². The minimum Gasteiger partial charge on any atom is -0.324 e. The molecule has 1 aromatic heterocycles. The Balaban J connectivity index is 1.81. The van der Waals surface area contributed by atoms with Gasteiger partial charge in [-0.1, -0.05) is 0 Å². The van der Waals surface area contributed by atoms with E-state index in [9.17, 15) is 0 Å². The first-order chi connectivity index (χ1) is 11.1. The maximum atomic E-state index is 5.99. The Morgan fingerprint density at radius 2 is 1.04 bits per heavy atom. The summed E-state index contributed by atoms with van der Waals surface area (Å²) >= 11 is 10.5. The molecule has 0 saturated heterocycles. The lowest BCUT2D eigenvalue weighted by molar-refractivity contribution is 1.06. The zero-order valence-corrected chi connectivity index (χ0v) is 16.7. The van der Waals surface area contributed by atoms with Crippen molar-refractivity contribution in [1.82, 2.24) is 15.0 Å².